The van der Waals surface area contributed by atoms with Gasteiger partial charge < -0.3 is 25.2 Å². The topological polar surface area (TPSA) is 107 Å². The van der Waals surface area contributed by atoms with Gasteiger partial charge in [-0.1, -0.05) is 6.07 Å². The van der Waals surface area contributed by atoms with Crippen molar-refractivity contribution in [2.24, 2.45) is 5.41 Å². The van der Waals surface area contributed by atoms with Crippen molar-refractivity contribution in [1.82, 2.24) is 14.8 Å². The summed E-state index contributed by atoms with van der Waals surface area (Å²) in [4.78, 5) is 52.3. The zero-order valence-corrected chi connectivity index (χ0v) is 29.2. The Morgan fingerprint density at radius 2 is 1.71 bits per heavy atom. The summed E-state index contributed by atoms with van der Waals surface area (Å²) in [5.74, 6) is -2.80. The van der Waals surface area contributed by atoms with Gasteiger partial charge >= 0.3 is 0 Å². The van der Waals surface area contributed by atoms with Crippen molar-refractivity contribution in [2.75, 3.05) is 55.4 Å². The summed E-state index contributed by atoms with van der Waals surface area (Å²) in [5.41, 5.74) is 3.35. The predicted molar refractivity (Wildman–Crippen MR) is 195 cm³/mol. The lowest BCUT2D eigenvalue weighted by molar-refractivity contribution is -0.122. The molecule has 266 valence electrons. The van der Waals surface area contributed by atoms with E-state index in [0.29, 0.717) is 46.0 Å². The molecule has 10 nitrogen and oxygen atoms in total. The van der Waals surface area contributed by atoms with E-state index in [1.54, 1.807) is 53.6 Å². The first-order chi connectivity index (χ1) is 25.2. The molecule has 4 aliphatic rings. The number of ether oxygens (including phenoxy) is 1. The van der Waals surface area contributed by atoms with Crippen molar-refractivity contribution in [2.45, 2.75) is 25.4 Å². The molecular formula is C39H36F2N6O4S. The molecule has 0 saturated carbocycles. The highest BCUT2D eigenvalue weighted by atomic mass is 32.1. The number of thiophene rings is 1. The minimum absolute atomic E-state index is 0.167. The number of halogens is 2. The van der Waals surface area contributed by atoms with Crippen LogP contribution >= 0.6 is 11.3 Å². The Bertz CT molecular complexity index is 2100. The van der Waals surface area contributed by atoms with Crippen LogP contribution in [-0.2, 0) is 16.0 Å². The van der Waals surface area contributed by atoms with Gasteiger partial charge in [-0.25, -0.2) is 8.78 Å². The molecule has 0 bridgehead atoms. The van der Waals surface area contributed by atoms with E-state index in [-0.39, 0.29) is 28.3 Å². The zero-order valence-electron chi connectivity index (χ0n) is 28.4. The Balaban J connectivity index is 0.960. The third-order valence-corrected chi connectivity index (χ3v) is 11.4. The quantitative estimate of drug-likeness (QED) is 0.241. The van der Waals surface area contributed by atoms with Crippen molar-refractivity contribution >= 4 is 46.1 Å². The lowest BCUT2D eigenvalue weighted by atomic mass is 9.72. The van der Waals surface area contributed by atoms with Crippen LogP contribution in [0.3, 0.4) is 0 Å². The summed E-state index contributed by atoms with van der Waals surface area (Å²) in [6.07, 6.45) is 9.70. The molecule has 3 amide bonds. The number of rotatable bonds is 6. The predicted octanol–water partition coefficient (Wildman–Crippen LogP) is 6.31. The molecule has 1 unspecified atom stereocenters. The zero-order chi connectivity index (χ0) is 36.0. The number of nitrogens with one attached hydrogen (secondary N) is 2. The minimum atomic E-state index is -0.866. The summed E-state index contributed by atoms with van der Waals surface area (Å²) in [7, 11) is 1.98. The standard InChI is InChI=1S/C39H36F2N6O4S/c1-45-17-4-5-27(37(45)46-22-39(23-46)14-19-51-20-15-39)35(48)43-26-11-9-24(10-12-26)38(50)47-18-13-25-21-31(52-34(25)33-30(47)8-3-16-42-33)36(49)44-32-28(40)6-2-7-29(32)41/h2-12,16-17,21,37H,13-15,18-20,22-23H2,1H3,(H,43,48)(H,44,49). The van der Waals surface area contributed by atoms with Crippen LogP contribution in [0, 0.1) is 17.0 Å². The molecule has 0 radical (unpaired) electrons. The second-order valence-electron chi connectivity index (χ2n) is 13.6. The maximum Gasteiger partial charge on any atom is 0.265 e. The molecule has 2 aromatic carbocycles. The fraction of sp³-hybridized carbons (Fsp3) is 0.282. The molecule has 6 heterocycles. The second-order valence-corrected chi connectivity index (χ2v) is 14.7. The number of allylic oxidation sites excluding steroid dienone is 2. The summed E-state index contributed by atoms with van der Waals surface area (Å²) in [6, 6.07) is 15.5. The first-order valence-electron chi connectivity index (χ1n) is 17.2. The molecule has 2 aromatic heterocycles. The molecule has 4 aliphatic heterocycles. The van der Waals surface area contributed by atoms with Gasteiger partial charge in [-0.3, -0.25) is 24.3 Å². The van der Waals surface area contributed by atoms with Crippen molar-refractivity contribution < 1.29 is 27.9 Å². The largest absolute Gasteiger partial charge is 0.381 e. The first kappa shape index (κ1) is 33.9. The Kier molecular flexibility index (Phi) is 8.94. The van der Waals surface area contributed by atoms with Crippen LogP contribution in [0.4, 0.5) is 25.8 Å². The van der Waals surface area contributed by atoms with Crippen LogP contribution in [0.25, 0.3) is 10.6 Å². The molecule has 2 N–H and O–H groups in total. The van der Waals surface area contributed by atoms with E-state index >= 15 is 0 Å². The van der Waals surface area contributed by atoms with Gasteiger partial charge in [0.15, 0.2) is 0 Å². The van der Waals surface area contributed by atoms with Gasteiger partial charge in [0.25, 0.3) is 17.7 Å². The number of pyridine rings is 1. The second kappa shape index (κ2) is 13.7. The summed E-state index contributed by atoms with van der Waals surface area (Å²) in [5, 5.41) is 5.38. The molecule has 2 fully saturated rings. The van der Waals surface area contributed by atoms with Crippen LogP contribution in [0.1, 0.15) is 38.4 Å². The SMILES string of the molecule is CN1C=CC=C(C(=O)Nc2ccc(C(=O)N3CCc4cc(C(=O)Nc5c(F)cccc5F)sc4-c4ncccc43)cc2)C1N1CC2(CCOCC2)C1. The van der Waals surface area contributed by atoms with E-state index in [2.05, 4.69) is 25.4 Å². The van der Waals surface area contributed by atoms with E-state index < -0.39 is 23.2 Å². The van der Waals surface area contributed by atoms with Gasteiger partial charge in [0.05, 0.1) is 21.0 Å². The summed E-state index contributed by atoms with van der Waals surface area (Å²) < 4.78 is 34.0. The Hall–Kier alpha value is -5.24. The molecule has 1 atom stereocenters. The summed E-state index contributed by atoms with van der Waals surface area (Å²) >= 11 is 1.15. The highest BCUT2D eigenvalue weighted by Gasteiger charge is 2.48. The smallest absolute Gasteiger partial charge is 0.265 e. The van der Waals surface area contributed by atoms with E-state index in [0.717, 1.165) is 68.2 Å². The lowest BCUT2D eigenvalue weighted by Gasteiger charge is -2.56. The Labute approximate surface area is 303 Å². The van der Waals surface area contributed by atoms with Gasteiger partial charge in [0.1, 0.15) is 29.2 Å². The van der Waals surface area contributed by atoms with Gasteiger partial charge in [-0.2, -0.15) is 0 Å². The molecule has 13 heteroatoms. The van der Waals surface area contributed by atoms with Crippen LogP contribution in [-0.4, -0.2) is 78.6 Å². The number of aromatic nitrogens is 1. The number of nitrogens with zero attached hydrogens (tertiary/aromatic N) is 4. The normalized spacial score (nSPS) is 19.2. The minimum Gasteiger partial charge on any atom is -0.381 e. The number of hydrogen-bond donors (Lipinski definition) is 2. The van der Waals surface area contributed by atoms with Crippen LogP contribution < -0.4 is 15.5 Å². The van der Waals surface area contributed by atoms with Gasteiger partial charge in [-0.15, -0.1) is 11.3 Å². The van der Waals surface area contributed by atoms with E-state index in [1.165, 1.54) is 6.07 Å². The number of fused-ring (bicyclic) bond motifs is 3. The van der Waals surface area contributed by atoms with E-state index in [4.69, 9.17) is 4.74 Å². The maximum absolute atomic E-state index is 14.2. The molecule has 0 aliphatic carbocycles. The average molecular weight is 723 g/mol. The molecule has 8 rings (SSSR count). The monoisotopic (exact) mass is 722 g/mol. The first-order valence-corrected chi connectivity index (χ1v) is 18.0. The lowest BCUT2D eigenvalue weighted by Crippen LogP contribution is -2.65. The Morgan fingerprint density at radius 1 is 0.962 bits per heavy atom. The van der Waals surface area contributed by atoms with Crippen LogP contribution in [0.5, 0.6) is 0 Å². The molecular weight excluding hydrogens is 687 g/mol. The highest BCUT2D eigenvalue weighted by molar-refractivity contribution is 7.17. The van der Waals surface area contributed by atoms with E-state index in [9.17, 15) is 23.2 Å². The van der Waals surface area contributed by atoms with Gasteiger partial charge in [-0.05, 0) is 91.6 Å². The molecule has 1 spiro atoms. The van der Waals surface area contributed by atoms with Crippen LogP contribution in [0.15, 0.2) is 90.8 Å². The number of likely N-dealkylation sites (tertiary alicyclic amines) is 1. The fourth-order valence-electron chi connectivity index (χ4n) is 7.55. The third kappa shape index (κ3) is 6.29. The van der Waals surface area contributed by atoms with Crippen molar-refractivity contribution in [1.29, 1.82) is 0 Å². The number of likely N-dealkylation sites (N-methyl/N-ethyl adjacent to an activating group) is 1. The molecule has 4 aromatic rings. The Morgan fingerprint density at radius 3 is 2.46 bits per heavy atom. The molecule has 2 saturated heterocycles. The van der Waals surface area contributed by atoms with Crippen LogP contribution in [0.2, 0.25) is 0 Å². The van der Waals surface area contributed by atoms with Crippen molar-refractivity contribution in [3.63, 3.8) is 0 Å². The van der Waals surface area contributed by atoms with Gasteiger partial charge in [0.2, 0.25) is 0 Å². The van der Waals surface area contributed by atoms with Crippen molar-refractivity contribution in [3.05, 3.63) is 118 Å². The number of carbonyl (C=O) groups excluding carboxylic acids is 3. The number of amides is 3. The third-order valence-electron chi connectivity index (χ3n) is 10.3. The number of hydrogen-bond acceptors (Lipinski definition) is 8. The number of benzene rings is 2. The number of para-hydroxylation sites is 1. The number of anilines is 3. The maximum atomic E-state index is 14.2. The highest BCUT2D eigenvalue weighted by Crippen LogP contribution is 2.43. The molecule has 52 heavy (non-hydrogen) atoms. The van der Waals surface area contributed by atoms with E-state index in [1.807, 2.05) is 25.4 Å². The summed E-state index contributed by atoms with van der Waals surface area (Å²) in [6.45, 7) is 3.74. The number of carbonyl (C=O) groups is 3. The fourth-order valence-corrected chi connectivity index (χ4v) is 8.66. The average Bonchev–Trinajstić information content (AvgIpc) is 3.50. The van der Waals surface area contributed by atoms with Gasteiger partial charge in [0, 0.05) is 69.0 Å². The van der Waals surface area contributed by atoms with Crippen molar-refractivity contribution in [3.8, 4) is 10.6 Å².